The van der Waals surface area contributed by atoms with Crippen molar-refractivity contribution in [2.45, 2.75) is 16.8 Å². The van der Waals surface area contributed by atoms with E-state index in [0.717, 1.165) is 28.2 Å². The predicted octanol–water partition coefficient (Wildman–Crippen LogP) is 4.93. The Morgan fingerprint density at radius 2 is 1.81 bits per heavy atom. The van der Waals surface area contributed by atoms with Crippen LogP contribution < -0.4 is 4.90 Å². The van der Waals surface area contributed by atoms with Gasteiger partial charge >= 0.3 is 6.18 Å². The van der Waals surface area contributed by atoms with Gasteiger partial charge in [-0.2, -0.15) is 13.2 Å². The van der Waals surface area contributed by atoms with Crippen LogP contribution in [0.1, 0.15) is 21.6 Å². The van der Waals surface area contributed by atoms with Gasteiger partial charge in [-0.1, -0.05) is 23.4 Å². The zero-order chi connectivity index (χ0) is 21.6. The molecule has 160 valence electrons. The van der Waals surface area contributed by atoms with Crippen molar-refractivity contribution in [3.05, 3.63) is 65.4 Å². The van der Waals surface area contributed by atoms with Gasteiger partial charge in [0.1, 0.15) is 0 Å². The molecule has 9 heteroatoms. The fourth-order valence-electron chi connectivity index (χ4n) is 3.95. The molecule has 1 fully saturated rings. The first-order chi connectivity index (χ1) is 14.9. The summed E-state index contributed by atoms with van der Waals surface area (Å²) >= 11 is 1.64. The summed E-state index contributed by atoms with van der Waals surface area (Å²) in [5.41, 5.74) is 1.90. The Balaban J connectivity index is 1.30. The molecule has 0 radical (unpaired) electrons. The average Bonchev–Trinajstić information content (AvgIpc) is 3.23. The maximum absolute atomic E-state index is 13.1. The monoisotopic (exact) mass is 445 g/mol. The van der Waals surface area contributed by atoms with Crippen molar-refractivity contribution in [1.29, 1.82) is 0 Å². The molecule has 0 saturated carbocycles. The summed E-state index contributed by atoms with van der Waals surface area (Å²) < 4.78 is 44.5. The highest BCUT2D eigenvalue weighted by Gasteiger charge is 2.33. The van der Waals surface area contributed by atoms with Crippen LogP contribution in [-0.4, -0.2) is 42.1 Å². The summed E-state index contributed by atoms with van der Waals surface area (Å²) in [6.45, 7) is 1.70. The van der Waals surface area contributed by atoms with Crippen LogP contribution in [0.3, 0.4) is 0 Å². The number of alkyl halides is 3. The standard InChI is InChI=1S/C22H18F3N3O2S/c23-22(24,25)14-4-3-5-15(12-14)27-8-10-28(11-9-27)21(29)19-17-13-31-18-7-2-1-6-16(18)20(17)30-26-19/h1-7,12H,8-11,13H2. The molecule has 0 unspecified atom stereocenters. The Hall–Kier alpha value is -2.94. The van der Waals surface area contributed by atoms with Crippen LogP contribution in [0, 0.1) is 0 Å². The Morgan fingerprint density at radius 3 is 2.58 bits per heavy atom. The molecular weight excluding hydrogens is 427 g/mol. The minimum absolute atomic E-state index is 0.200. The van der Waals surface area contributed by atoms with E-state index in [-0.39, 0.29) is 5.91 Å². The van der Waals surface area contributed by atoms with E-state index in [4.69, 9.17) is 4.52 Å². The maximum atomic E-state index is 13.1. The minimum atomic E-state index is -4.38. The number of hydrogen-bond donors (Lipinski definition) is 0. The predicted molar refractivity (Wildman–Crippen MR) is 111 cm³/mol. The van der Waals surface area contributed by atoms with Crippen LogP contribution in [0.4, 0.5) is 18.9 Å². The zero-order valence-corrected chi connectivity index (χ0v) is 17.2. The van der Waals surface area contributed by atoms with Crippen molar-refractivity contribution >= 4 is 23.4 Å². The van der Waals surface area contributed by atoms with Gasteiger partial charge in [-0.25, -0.2) is 0 Å². The number of carbonyl (C=O) groups is 1. The number of fused-ring (bicyclic) bond motifs is 3. The number of rotatable bonds is 2. The van der Waals surface area contributed by atoms with Gasteiger partial charge in [0.25, 0.3) is 5.91 Å². The Labute approximate surface area is 180 Å². The van der Waals surface area contributed by atoms with Gasteiger partial charge in [-0.15, -0.1) is 11.8 Å². The normalized spacial score (nSPS) is 16.1. The fraction of sp³-hybridized carbons (Fsp3) is 0.273. The van der Waals surface area contributed by atoms with E-state index in [9.17, 15) is 18.0 Å². The number of nitrogens with zero attached hydrogens (tertiary/aromatic N) is 3. The van der Waals surface area contributed by atoms with E-state index >= 15 is 0 Å². The Morgan fingerprint density at radius 1 is 1.03 bits per heavy atom. The lowest BCUT2D eigenvalue weighted by Crippen LogP contribution is -2.49. The zero-order valence-electron chi connectivity index (χ0n) is 16.4. The molecule has 2 aliphatic rings. The summed E-state index contributed by atoms with van der Waals surface area (Å²) in [7, 11) is 0. The molecule has 0 aliphatic carbocycles. The third-order valence-corrected chi connectivity index (χ3v) is 6.70. The maximum Gasteiger partial charge on any atom is 0.416 e. The fourth-order valence-corrected chi connectivity index (χ4v) is 5.01. The number of aromatic nitrogens is 1. The quantitative estimate of drug-likeness (QED) is 0.560. The molecular formula is C22H18F3N3O2S. The molecule has 0 atom stereocenters. The van der Waals surface area contributed by atoms with Gasteiger partial charge in [-0.3, -0.25) is 4.79 Å². The van der Waals surface area contributed by atoms with E-state index in [0.29, 0.717) is 49.1 Å². The topological polar surface area (TPSA) is 49.6 Å². The van der Waals surface area contributed by atoms with Crippen molar-refractivity contribution in [1.82, 2.24) is 10.1 Å². The van der Waals surface area contributed by atoms with Gasteiger partial charge in [0, 0.05) is 53.6 Å². The van der Waals surface area contributed by atoms with Gasteiger partial charge in [0.05, 0.1) is 5.56 Å². The molecule has 0 bridgehead atoms. The molecule has 31 heavy (non-hydrogen) atoms. The van der Waals surface area contributed by atoms with Crippen LogP contribution >= 0.6 is 11.8 Å². The second-order valence-corrected chi connectivity index (χ2v) is 8.47. The smallest absolute Gasteiger partial charge is 0.368 e. The summed E-state index contributed by atoms with van der Waals surface area (Å²) in [5.74, 6) is 1.05. The van der Waals surface area contributed by atoms with Crippen molar-refractivity contribution in [2.24, 2.45) is 0 Å². The van der Waals surface area contributed by atoms with E-state index in [2.05, 4.69) is 5.16 Å². The van der Waals surface area contributed by atoms with Crippen LogP contribution in [0.15, 0.2) is 57.9 Å². The van der Waals surface area contributed by atoms with Gasteiger partial charge in [0.2, 0.25) is 0 Å². The van der Waals surface area contributed by atoms with Crippen LogP contribution in [0.5, 0.6) is 0 Å². The summed E-state index contributed by atoms with van der Waals surface area (Å²) in [4.78, 5) is 17.7. The first-order valence-corrected chi connectivity index (χ1v) is 10.8. The molecule has 0 spiro atoms. The SMILES string of the molecule is O=C(c1noc2c1CSc1ccccc1-2)N1CCN(c2cccc(C(F)(F)F)c2)CC1. The van der Waals surface area contributed by atoms with Crippen molar-refractivity contribution in [3.8, 4) is 11.3 Å². The molecule has 0 N–H and O–H groups in total. The lowest BCUT2D eigenvalue weighted by atomic mass is 10.1. The van der Waals surface area contributed by atoms with E-state index in [1.165, 1.54) is 6.07 Å². The van der Waals surface area contributed by atoms with E-state index < -0.39 is 11.7 Å². The lowest BCUT2D eigenvalue weighted by molar-refractivity contribution is -0.137. The number of piperazine rings is 1. The number of thioether (sulfide) groups is 1. The van der Waals surface area contributed by atoms with Crippen molar-refractivity contribution in [3.63, 3.8) is 0 Å². The van der Waals surface area contributed by atoms with Gasteiger partial charge < -0.3 is 14.3 Å². The van der Waals surface area contributed by atoms with Gasteiger partial charge in [0.15, 0.2) is 11.5 Å². The molecule has 1 amide bonds. The molecule has 1 saturated heterocycles. The summed E-state index contributed by atoms with van der Waals surface area (Å²) in [5, 5.41) is 4.07. The van der Waals surface area contributed by atoms with E-state index in [1.807, 2.05) is 29.2 Å². The van der Waals surface area contributed by atoms with Crippen molar-refractivity contribution < 1.29 is 22.5 Å². The molecule has 1 aromatic heterocycles. The van der Waals surface area contributed by atoms with Crippen LogP contribution in [0.25, 0.3) is 11.3 Å². The lowest BCUT2D eigenvalue weighted by Gasteiger charge is -2.36. The number of halogens is 3. The van der Waals surface area contributed by atoms with Crippen LogP contribution in [0.2, 0.25) is 0 Å². The first kappa shape index (κ1) is 20.0. The third-order valence-electron chi connectivity index (χ3n) is 5.60. The number of benzene rings is 2. The first-order valence-electron chi connectivity index (χ1n) is 9.84. The highest BCUT2D eigenvalue weighted by molar-refractivity contribution is 7.98. The average molecular weight is 445 g/mol. The Bertz CT molecular complexity index is 1140. The summed E-state index contributed by atoms with van der Waals surface area (Å²) in [6, 6.07) is 13.1. The molecule has 3 aromatic rings. The Kier molecular flexibility index (Phi) is 4.92. The van der Waals surface area contributed by atoms with Gasteiger partial charge in [-0.05, 0) is 30.3 Å². The number of anilines is 1. The summed E-state index contributed by atoms with van der Waals surface area (Å²) in [6.07, 6.45) is -4.38. The second-order valence-electron chi connectivity index (χ2n) is 7.45. The molecule has 2 aromatic carbocycles. The highest BCUT2D eigenvalue weighted by Crippen LogP contribution is 2.42. The largest absolute Gasteiger partial charge is 0.416 e. The molecule has 3 heterocycles. The molecule has 5 nitrogen and oxygen atoms in total. The van der Waals surface area contributed by atoms with Crippen molar-refractivity contribution in [2.75, 3.05) is 31.1 Å². The number of hydrogen-bond acceptors (Lipinski definition) is 5. The van der Waals surface area contributed by atoms with Crippen LogP contribution in [-0.2, 0) is 11.9 Å². The third kappa shape index (κ3) is 3.67. The van der Waals surface area contributed by atoms with E-state index in [1.54, 1.807) is 22.7 Å². The number of carbonyl (C=O) groups excluding carboxylic acids is 1. The minimum Gasteiger partial charge on any atom is -0.368 e. The molecule has 5 rings (SSSR count). The second kappa shape index (κ2) is 7.64. The molecule has 2 aliphatic heterocycles. The number of amides is 1. The highest BCUT2D eigenvalue weighted by atomic mass is 32.2.